The summed E-state index contributed by atoms with van der Waals surface area (Å²) in [6.45, 7) is 2.15. The van der Waals surface area contributed by atoms with Gasteiger partial charge in [0.05, 0.1) is 0 Å². The zero-order valence-electron chi connectivity index (χ0n) is 7.90. The van der Waals surface area contributed by atoms with Gasteiger partial charge in [-0.25, -0.2) is 9.78 Å². The molecular formula is C10H12N2O2. The number of pyridine rings is 1. The van der Waals surface area contributed by atoms with Gasteiger partial charge in [-0.05, 0) is 24.5 Å². The zero-order chi connectivity index (χ0) is 10.1. The number of anilines is 1. The molecule has 4 heteroatoms. The molecule has 1 heterocycles. The first-order chi connectivity index (χ1) is 6.66. The van der Waals surface area contributed by atoms with Crippen molar-refractivity contribution in [1.82, 2.24) is 4.98 Å². The summed E-state index contributed by atoms with van der Waals surface area (Å²) < 4.78 is 0. The number of nitrogens with zero attached hydrogens (tertiary/aromatic N) is 1. The van der Waals surface area contributed by atoms with Crippen LogP contribution in [0.1, 0.15) is 23.8 Å². The normalized spacial score (nSPS) is 24.4. The molecule has 1 fully saturated rings. The van der Waals surface area contributed by atoms with E-state index in [4.69, 9.17) is 5.11 Å². The smallest absolute Gasteiger partial charge is 0.354 e. The van der Waals surface area contributed by atoms with Gasteiger partial charge in [-0.3, -0.25) is 0 Å². The lowest BCUT2D eigenvalue weighted by Gasteiger charge is -2.03. The predicted molar refractivity (Wildman–Crippen MR) is 52.4 cm³/mol. The summed E-state index contributed by atoms with van der Waals surface area (Å²) in [7, 11) is 0. The summed E-state index contributed by atoms with van der Waals surface area (Å²) in [6.07, 6.45) is 1.14. The van der Waals surface area contributed by atoms with Crippen LogP contribution in [0.2, 0.25) is 0 Å². The van der Waals surface area contributed by atoms with Crippen LogP contribution in [0.3, 0.4) is 0 Å². The second-order valence-electron chi connectivity index (χ2n) is 3.68. The van der Waals surface area contributed by atoms with Gasteiger partial charge in [0, 0.05) is 6.04 Å². The summed E-state index contributed by atoms with van der Waals surface area (Å²) in [5, 5.41) is 11.9. The lowest BCUT2D eigenvalue weighted by atomic mass is 10.3. The molecule has 0 saturated heterocycles. The standard InChI is InChI=1S/C10H12N2O2/c1-6-5-8(6)12-9-4-2-3-7(11-9)10(13)14/h2-4,6,8H,5H2,1H3,(H,11,12)(H,13,14). The Labute approximate surface area is 82.0 Å². The molecule has 1 aliphatic rings. The van der Waals surface area contributed by atoms with E-state index in [2.05, 4.69) is 17.2 Å². The fraction of sp³-hybridized carbons (Fsp3) is 0.400. The molecule has 1 aromatic rings. The first kappa shape index (κ1) is 8.99. The van der Waals surface area contributed by atoms with Gasteiger partial charge < -0.3 is 10.4 Å². The van der Waals surface area contributed by atoms with E-state index in [9.17, 15) is 4.79 Å². The monoisotopic (exact) mass is 192 g/mol. The quantitative estimate of drug-likeness (QED) is 0.763. The molecule has 1 aliphatic carbocycles. The van der Waals surface area contributed by atoms with Crippen molar-refractivity contribution < 1.29 is 9.90 Å². The molecule has 14 heavy (non-hydrogen) atoms. The van der Waals surface area contributed by atoms with E-state index >= 15 is 0 Å². The van der Waals surface area contributed by atoms with E-state index in [-0.39, 0.29) is 5.69 Å². The molecule has 0 bridgehead atoms. The number of rotatable bonds is 3. The van der Waals surface area contributed by atoms with E-state index < -0.39 is 5.97 Å². The average molecular weight is 192 g/mol. The molecular weight excluding hydrogens is 180 g/mol. The van der Waals surface area contributed by atoms with Crippen LogP contribution in [0.15, 0.2) is 18.2 Å². The lowest BCUT2D eigenvalue weighted by molar-refractivity contribution is 0.0690. The molecule has 0 aromatic carbocycles. The minimum Gasteiger partial charge on any atom is -0.477 e. The van der Waals surface area contributed by atoms with Crippen molar-refractivity contribution in [1.29, 1.82) is 0 Å². The number of hydrogen-bond donors (Lipinski definition) is 2. The number of aromatic carboxylic acids is 1. The lowest BCUT2D eigenvalue weighted by Crippen LogP contribution is -2.08. The largest absolute Gasteiger partial charge is 0.477 e. The van der Waals surface area contributed by atoms with Crippen LogP contribution in [0.25, 0.3) is 0 Å². The van der Waals surface area contributed by atoms with Crippen LogP contribution in [-0.4, -0.2) is 22.1 Å². The van der Waals surface area contributed by atoms with E-state index in [0.717, 1.165) is 6.42 Å². The van der Waals surface area contributed by atoms with Crippen LogP contribution in [0.4, 0.5) is 5.82 Å². The maximum atomic E-state index is 10.6. The molecule has 2 rings (SSSR count). The number of carboxylic acid groups (broad SMARTS) is 1. The van der Waals surface area contributed by atoms with Gasteiger partial charge in [-0.15, -0.1) is 0 Å². The van der Waals surface area contributed by atoms with Crippen molar-refractivity contribution >= 4 is 11.8 Å². The summed E-state index contributed by atoms with van der Waals surface area (Å²) in [4.78, 5) is 14.6. The molecule has 74 valence electrons. The minimum atomic E-state index is -0.988. The van der Waals surface area contributed by atoms with Gasteiger partial charge in [-0.1, -0.05) is 13.0 Å². The van der Waals surface area contributed by atoms with E-state index in [0.29, 0.717) is 17.8 Å². The Hall–Kier alpha value is -1.58. The third-order valence-corrected chi connectivity index (χ3v) is 2.41. The molecule has 0 aliphatic heterocycles. The molecule has 2 N–H and O–H groups in total. The first-order valence-electron chi connectivity index (χ1n) is 4.63. The molecule has 2 atom stereocenters. The van der Waals surface area contributed by atoms with E-state index in [1.807, 2.05) is 0 Å². The Morgan fingerprint density at radius 3 is 2.93 bits per heavy atom. The van der Waals surface area contributed by atoms with Gasteiger partial charge in [0.25, 0.3) is 0 Å². The Morgan fingerprint density at radius 2 is 2.36 bits per heavy atom. The Bertz CT molecular complexity index is 365. The Kier molecular flexibility index (Phi) is 2.11. The van der Waals surface area contributed by atoms with E-state index in [1.54, 1.807) is 12.1 Å². The van der Waals surface area contributed by atoms with Crippen molar-refractivity contribution in [2.45, 2.75) is 19.4 Å². The maximum Gasteiger partial charge on any atom is 0.354 e. The topological polar surface area (TPSA) is 62.2 Å². The summed E-state index contributed by atoms with van der Waals surface area (Å²) >= 11 is 0. The van der Waals surface area contributed by atoms with Gasteiger partial charge in [0.2, 0.25) is 0 Å². The van der Waals surface area contributed by atoms with Gasteiger partial charge in [-0.2, -0.15) is 0 Å². The molecule has 0 amide bonds. The van der Waals surface area contributed by atoms with Gasteiger partial charge in [0.1, 0.15) is 5.82 Å². The average Bonchev–Trinajstić information content (AvgIpc) is 2.82. The van der Waals surface area contributed by atoms with Crippen molar-refractivity contribution in [3.63, 3.8) is 0 Å². The number of carboxylic acids is 1. The minimum absolute atomic E-state index is 0.0864. The number of nitrogens with one attached hydrogen (secondary N) is 1. The van der Waals surface area contributed by atoms with Gasteiger partial charge >= 0.3 is 5.97 Å². The highest BCUT2D eigenvalue weighted by atomic mass is 16.4. The SMILES string of the molecule is CC1CC1Nc1cccc(C(=O)O)n1. The van der Waals surface area contributed by atoms with Crippen molar-refractivity contribution in [2.24, 2.45) is 5.92 Å². The maximum absolute atomic E-state index is 10.6. The molecule has 0 radical (unpaired) electrons. The van der Waals surface area contributed by atoms with Crippen LogP contribution < -0.4 is 5.32 Å². The Balaban J connectivity index is 2.10. The fourth-order valence-corrected chi connectivity index (χ4v) is 1.35. The number of carbonyl (C=O) groups is 1. The van der Waals surface area contributed by atoms with Crippen molar-refractivity contribution in [2.75, 3.05) is 5.32 Å². The summed E-state index contributed by atoms with van der Waals surface area (Å²) in [6, 6.07) is 5.44. The Morgan fingerprint density at radius 1 is 1.64 bits per heavy atom. The number of aromatic nitrogens is 1. The van der Waals surface area contributed by atoms with Gasteiger partial charge in [0.15, 0.2) is 5.69 Å². The van der Waals surface area contributed by atoms with E-state index in [1.165, 1.54) is 6.07 Å². The zero-order valence-corrected chi connectivity index (χ0v) is 7.90. The second kappa shape index (κ2) is 3.29. The highest BCUT2D eigenvalue weighted by Crippen LogP contribution is 2.31. The van der Waals surface area contributed by atoms with Crippen molar-refractivity contribution in [3.05, 3.63) is 23.9 Å². The molecule has 0 spiro atoms. The fourth-order valence-electron chi connectivity index (χ4n) is 1.35. The molecule has 1 aromatic heterocycles. The van der Waals surface area contributed by atoms with Crippen LogP contribution >= 0.6 is 0 Å². The molecule has 1 saturated carbocycles. The number of hydrogen-bond acceptors (Lipinski definition) is 3. The second-order valence-corrected chi connectivity index (χ2v) is 3.68. The summed E-state index contributed by atoms with van der Waals surface area (Å²) in [5.74, 6) is 0.335. The van der Waals surface area contributed by atoms with Crippen LogP contribution in [0.5, 0.6) is 0 Å². The highest BCUT2D eigenvalue weighted by molar-refractivity contribution is 5.85. The van der Waals surface area contributed by atoms with Crippen LogP contribution in [0, 0.1) is 5.92 Å². The molecule has 2 unspecified atom stereocenters. The van der Waals surface area contributed by atoms with Crippen LogP contribution in [-0.2, 0) is 0 Å². The third-order valence-electron chi connectivity index (χ3n) is 2.41. The van der Waals surface area contributed by atoms with Crippen molar-refractivity contribution in [3.8, 4) is 0 Å². The predicted octanol–water partition coefficient (Wildman–Crippen LogP) is 1.60. The highest BCUT2D eigenvalue weighted by Gasteiger charge is 2.32. The summed E-state index contributed by atoms with van der Waals surface area (Å²) in [5.41, 5.74) is 0.0864. The first-order valence-corrected chi connectivity index (χ1v) is 4.63. The molecule has 4 nitrogen and oxygen atoms in total. The third kappa shape index (κ3) is 1.84.